The maximum atomic E-state index is 12.9. The lowest BCUT2D eigenvalue weighted by atomic mass is 10.2. The van der Waals surface area contributed by atoms with Crippen molar-refractivity contribution in [1.82, 2.24) is 9.62 Å². The summed E-state index contributed by atoms with van der Waals surface area (Å²) in [5.74, 6) is 0. The second-order valence-electron chi connectivity index (χ2n) is 5.20. The SMILES string of the molecule is CCCN(C1CCNC1)S(=O)(=O)c1ccc(C)cc1Br.Cl. The van der Waals surface area contributed by atoms with E-state index < -0.39 is 10.0 Å². The molecule has 1 aliphatic rings. The van der Waals surface area contributed by atoms with Crippen molar-refractivity contribution in [3.05, 3.63) is 28.2 Å². The van der Waals surface area contributed by atoms with Crippen LogP contribution in [-0.2, 0) is 10.0 Å². The van der Waals surface area contributed by atoms with Crippen LogP contribution in [0.15, 0.2) is 27.6 Å². The number of benzene rings is 1. The Hall–Kier alpha value is -0.140. The van der Waals surface area contributed by atoms with Crippen LogP contribution in [0.2, 0.25) is 0 Å². The summed E-state index contributed by atoms with van der Waals surface area (Å²) < 4.78 is 28.1. The summed E-state index contributed by atoms with van der Waals surface area (Å²) >= 11 is 3.39. The molecule has 1 atom stereocenters. The maximum absolute atomic E-state index is 12.9. The fourth-order valence-corrected chi connectivity index (χ4v) is 5.45. The summed E-state index contributed by atoms with van der Waals surface area (Å²) in [6, 6.07) is 5.45. The normalized spacial score (nSPS) is 18.8. The van der Waals surface area contributed by atoms with Gasteiger partial charge in [-0.05, 0) is 59.9 Å². The van der Waals surface area contributed by atoms with Gasteiger partial charge in [-0.3, -0.25) is 0 Å². The molecule has 1 aromatic carbocycles. The van der Waals surface area contributed by atoms with E-state index in [-0.39, 0.29) is 18.4 Å². The largest absolute Gasteiger partial charge is 0.315 e. The Morgan fingerprint density at radius 1 is 1.43 bits per heavy atom. The standard InChI is InChI=1S/C14H21BrN2O2S.ClH/c1-3-8-17(12-6-7-16-10-12)20(18,19)14-5-4-11(2)9-13(14)15;/h4-5,9,12,16H,3,6-8,10H2,1-2H3;1H. The first-order valence-electron chi connectivity index (χ1n) is 6.95. The van der Waals surface area contributed by atoms with Gasteiger partial charge in [0.25, 0.3) is 0 Å². The fourth-order valence-electron chi connectivity index (χ4n) is 2.55. The van der Waals surface area contributed by atoms with Crippen LogP contribution >= 0.6 is 28.3 Å². The molecule has 0 aromatic heterocycles. The quantitative estimate of drug-likeness (QED) is 0.831. The minimum Gasteiger partial charge on any atom is -0.315 e. The lowest BCUT2D eigenvalue weighted by molar-refractivity contribution is 0.335. The van der Waals surface area contributed by atoms with Crippen molar-refractivity contribution < 1.29 is 8.42 Å². The third-order valence-electron chi connectivity index (χ3n) is 3.56. The van der Waals surface area contributed by atoms with Crippen molar-refractivity contribution in [1.29, 1.82) is 0 Å². The smallest absolute Gasteiger partial charge is 0.244 e. The summed E-state index contributed by atoms with van der Waals surface area (Å²) in [6.45, 7) is 6.15. The molecule has 4 nitrogen and oxygen atoms in total. The van der Waals surface area contributed by atoms with E-state index in [2.05, 4.69) is 21.2 Å². The van der Waals surface area contributed by atoms with Gasteiger partial charge in [-0.2, -0.15) is 4.31 Å². The average molecular weight is 398 g/mol. The summed E-state index contributed by atoms with van der Waals surface area (Å²) in [5, 5.41) is 3.24. The van der Waals surface area contributed by atoms with Crippen LogP contribution in [0.4, 0.5) is 0 Å². The highest BCUT2D eigenvalue weighted by atomic mass is 79.9. The van der Waals surface area contributed by atoms with Gasteiger partial charge in [-0.15, -0.1) is 12.4 Å². The van der Waals surface area contributed by atoms with Gasteiger partial charge in [0.2, 0.25) is 10.0 Å². The molecule has 2 rings (SSSR count). The van der Waals surface area contributed by atoms with Gasteiger partial charge in [0.15, 0.2) is 0 Å². The Morgan fingerprint density at radius 2 is 2.14 bits per heavy atom. The van der Waals surface area contributed by atoms with Gasteiger partial charge in [-0.1, -0.05) is 13.0 Å². The average Bonchev–Trinajstić information content (AvgIpc) is 2.88. The highest BCUT2D eigenvalue weighted by Gasteiger charge is 2.33. The number of aryl methyl sites for hydroxylation is 1. The molecule has 1 N–H and O–H groups in total. The van der Waals surface area contributed by atoms with Crippen LogP contribution in [0.25, 0.3) is 0 Å². The van der Waals surface area contributed by atoms with Crippen molar-refractivity contribution in [2.45, 2.75) is 37.6 Å². The van der Waals surface area contributed by atoms with E-state index in [1.165, 1.54) is 0 Å². The van der Waals surface area contributed by atoms with E-state index >= 15 is 0 Å². The monoisotopic (exact) mass is 396 g/mol. The fraction of sp³-hybridized carbons (Fsp3) is 0.571. The molecule has 120 valence electrons. The Labute approximate surface area is 141 Å². The first kappa shape index (κ1) is 18.9. The molecule has 0 bridgehead atoms. The zero-order chi connectivity index (χ0) is 14.8. The second kappa shape index (κ2) is 7.92. The van der Waals surface area contributed by atoms with Gasteiger partial charge in [0, 0.05) is 23.6 Å². The van der Waals surface area contributed by atoms with Gasteiger partial charge >= 0.3 is 0 Å². The molecule has 0 spiro atoms. The van der Waals surface area contributed by atoms with E-state index in [9.17, 15) is 8.42 Å². The minimum absolute atomic E-state index is 0. The predicted molar refractivity (Wildman–Crippen MR) is 91.6 cm³/mol. The molecule has 0 aliphatic carbocycles. The molecule has 21 heavy (non-hydrogen) atoms. The molecule has 1 heterocycles. The second-order valence-corrected chi connectivity index (χ2v) is 7.91. The maximum Gasteiger partial charge on any atom is 0.244 e. The number of rotatable bonds is 5. The lowest BCUT2D eigenvalue weighted by Crippen LogP contribution is -2.42. The summed E-state index contributed by atoms with van der Waals surface area (Å²) in [4.78, 5) is 0.364. The van der Waals surface area contributed by atoms with Gasteiger partial charge in [0.1, 0.15) is 0 Å². The van der Waals surface area contributed by atoms with Crippen LogP contribution in [0.3, 0.4) is 0 Å². The lowest BCUT2D eigenvalue weighted by Gasteiger charge is -2.27. The molecule has 0 amide bonds. The van der Waals surface area contributed by atoms with Crippen LogP contribution in [0, 0.1) is 6.92 Å². The van der Waals surface area contributed by atoms with Crippen LogP contribution in [-0.4, -0.2) is 38.4 Å². The van der Waals surface area contributed by atoms with E-state index in [4.69, 9.17) is 0 Å². The number of hydrogen-bond donors (Lipinski definition) is 1. The topological polar surface area (TPSA) is 49.4 Å². The number of halogens is 2. The molecule has 0 radical (unpaired) electrons. The highest BCUT2D eigenvalue weighted by molar-refractivity contribution is 9.10. The van der Waals surface area contributed by atoms with Crippen molar-refractivity contribution in [3.8, 4) is 0 Å². The summed E-state index contributed by atoms with van der Waals surface area (Å²) in [6.07, 6.45) is 1.70. The first-order valence-corrected chi connectivity index (χ1v) is 9.19. The zero-order valence-electron chi connectivity index (χ0n) is 12.3. The molecule has 1 saturated heterocycles. The zero-order valence-corrected chi connectivity index (χ0v) is 15.5. The molecule has 1 unspecified atom stereocenters. The van der Waals surface area contributed by atoms with Gasteiger partial charge in [-0.25, -0.2) is 8.42 Å². The van der Waals surface area contributed by atoms with E-state index in [0.29, 0.717) is 15.9 Å². The molecular formula is C14H22BrClN2O2S. The van der Waals surface area contributed by atoms with Crippen LogP contribution < -0.4 is 5.32 Å². The molecular weight excluding hydrogens is 376 g/mol. The number of hydrogen-bond acceptors (Lipinski definition) is 3. The van der Waals surface area contributed by atoms with Crippen molar-refractivity contribution >= 4 is 38.4 Å². The third-order valence-corrected chi connectivity index (χ3v) is 6.49. The van der Waals surface area contributed by atoms with Crippen molar-refractivity contribution in [2.75, 3.05) is 19.6 Å². The number of nitrogens with one attached hydrogen (secondary N) is 1. The minimum atomic E-state index is -3.45. The molecule has 1 fully saturated rings. The van der Waals surface area contributed by atoms with Crippen molar-refractivity contribution in [3.63, 3.8) is 0 Å². The summed E-state index contributed by atoms with van der Waals surface area (Å²) in [5.41, 5.74) is 1.04. The number of nitrogens with zero attached hydrogens (tertiary/aromatic N) is 1. The summed E-state index contributed by atoms with van der Waals surface area (Å²) in [7, 11) is -3.45. The Bertz CT molecular complexity index is 574. The predicted octanol–water partition coefficient (Wildman–Crippen LogP) is 2.94. The molecule has 1 aliphatic heterocycles. The third kappa shape index (κ3) is 4.20. The van der Waals surface area contributed by atoms with Crippen LogP contribution in [0.1, 0.15) is 25.3 Å². The Balaban J connectivity index is 0.00000220. The highest BCUT2D eigenvalue weighted by Crippen LogP contribution is 2.28. The molecule has 0 saturated carbocycles. The van der Waals surface area contributed by atoms with E-state index in [1.807, 2.05) is 26.0 Å². The van der Waals surface area contributed by atoms with E-state index in [0.717, 1.165) is 31.5 Å². The first-order chi connectivity index (χ1) is 9.46. The van der Waals surface area contributed by atoms with Gasteiger partial charge in [0.05, 0.1) is 4.90 Å². The van der Waals surface area contributed by atoms with Crippen LogP contribution in [0.5, 0.6) is 0 Å². The van der Waals surface area contributed by atoms with Gasteiger partial charge < -0.3 is 5.32 Å². The number of sulfonamides is 1. The van der Waals surface area contributed by atoms with Crippen molar-refractivity contribution in [2.24, 2.45) is 0 Å². The Morgan fingerprint density at radius 3 is 2.67 bits per heavy atom. The molecule has 7 heteroatoms. The Kier molecular flexibility index (Phi) is 7.13. The molecule has 1 aromatic rings. The van der Waals surface area contributed by atoms with E-state index in [1.54, 1.807) is 10.4 Å².